The molecular weight excluding hydrogens is 96.1 g/mol. The van der Waals surface area contributed by atoms with Crippen molar-refractivity contribution in [3.8, 4) is 12.3 Å². The monoisotopic (exact) mass is 110 g/mol. The van der Waals surface area contributed by atoms with Gasteiger partial charge >= 0.3 is 0 Å². The van der Waals surface area contributed by atoms with E-state index in [0.717, 1.165) is 6.42 Å². The van der Waals surface area contributed by atoms with E-state index in [2.05, 4.69) is 26.7 Å². The molecule has 0 N–H and O–H groups in total. The van der Waals surface area contributed by atoms with Crippen molar-refractivity contribution in [3.05, 3.63) is 0 Å². The maximum Gasteiger partial charge on any atom is 0.0255 e. The summed E-state index contributed by atoms with van der Waals surface area (Å²) in [6, 6.07) is 0. The first-order valence-electron chi connectivity index (χ1n) is 3.10. The topological polar surface area (TPSA) is 0 Å². The number of terminal acetylenes is 1. The van der Waals surface area contributed by atoms with Gasteiger partial charge in [0.2, 0.25) is 0 Å². The van der Waals surface area contributed by atoms with Crippen molar-refractivity contribution in [2.75, 3.05) is 0 Å². The van der Waals surface area contributed by atoms with Gasteiger partial charge in [-0.3, -0.25) is 0 Å². The molecule has 0 aliphatic carbocycles. The summed E-state index contributed by atoms with van der Waals surface area (Å²) in [4.78, 5) is 0. The third-order valence-electron chi connectivity index (χ3n) is 1.27. The van der Waals surface area contributed by atoms with Crippen LogP contribution in [0.3, 0.4) is 0 Å². The van der Waals surface area contributed by atoms with Crippen LogP contribution >= 0.6 is 0 Å². The molecule has 0 rings (SSSR count). The van der Waals surface area contributed by atoms with E-state index in [1.165, 1.54) is 6.42 Å². The molecule has 0 radical (unpaired) electrons. The quantitative estimate of drug-likeness (QED) is 0.479. The molecule has 46 valence electrons. The molecular formula is C8H14. The maximum absolute atomic E-state index is 5.24. The minimum absolute atomic E-state index is 0.120. The molecule has 0 aromatic rings. The molecule has 0 heteroatoms. The van der Waals surface area contributed by atoms with Crippen LogP contribution in [0.1, 0.15) is 33.6 Å². The summed E-state index contributed by atoms with van der Waals surface area (Å²) in [7, 11) is 0. The summed E-state index contributed by atoms with van der Waals surface area (Å²) in [5.41, 5.74) is 0.120. The Labute approximate surface area is 52.3 Å². The lowest BCUT2D eigenvalue weighted by atomic mass is 9.90. The van der Waals surface area contributed by atoms with Crippen LogP contribution in [0.25, 0.3) is 0 Å². The molecule has 0 aromatic heterocycles. The average Bonchev–Trinajstić information content (AvgIpc) is 1.67. The van der Waals surface area contributed by atoms with Crippen LogP contribution < -0.4 is 0 Å². The molecule has 0 nitrogen and oxygen atoms in total. The molecule has 0 bridgehead atoms. The summed E-state index contributed by atoms with van der Waals surface area (Å²) >= 11 is 0. The van der Waals surface area contributed by atoms with Crippen LogP contribution in [0.5, 0.6) is 0 Å². The van der Waals surface area contributed by atoms with E-state index in [0.29, 0.717) is 0 Å². The van der Waals surface area contributed by atoms with Crippen molar-refractivity contribution in [3.63, 3.8) is 0 Å². The fourth-order valence-corrected chi connectivity index (χ4v) is 0.697. The lowest BCUT2D eigenvalue weighted by Crippen LogP contribution is -2.05. The van der Waals surface area contributed by atoms with Gasteiger partial charge in [-0.25, -0.2) is 0 Å². The first kappa shape index (κ1) is 7.56. The minimum Gasteiger partial charge on any atom is -0.120 e. The Bertz CT molecular complexity index is 93.1. The van der Waals surface area contributed by atoms with E-state index < -0.39 is 0 Å². The summed E-state index contributed by atoms with van der Waals surface area (Å²) in [6.45, 7) is 6.34. The van der Waals surface area contributed by atoms with Gasteiger partial charge in [0.15, 0.2) is 0 Å². The van der Waals surface area contributed by atoms with Crippen LogP contribution in [0.2, 0.25) is 0 Å². The van der Waals surface area contributed by atoms with Gasteiger partial charge in [-0.2, -0.15) is 0 Å². The molecule has 8 heavy (non-hydrogen) atoms. The minimum atomic E-state index is 0.120. The Morgan fingerprint density at radius 1 is 1.50 bits per heavy atom. The van der Waals surface area contributed by atoms with Crippen molar-refractivity contribution in [2.24, 2.45) is 5.41 Å². The van der Waals surface area contributed by atoms with E-state index >= 15 is 0 Å². The molecule has 0 aliphatic heterocycles. The smallest absolute Gasteiger partial charge is 0.0255 e. The Morgan fingerprint density at radius 3 is 2.12 bits per heavy atom. The summed E-state index contributed by atoms with van der Waals surface area (Å²) in [6.07, 6.45) is 7.55. The van der Waals surface area contributed by atoms with Crippen molar-refractivity contribution >= 4 is 0 Å². The number of hydrogen-bond donors (Lipinski definition) is 0. The normalized spacial score (nSPS) is 10.8. The van der Waals surface area contributed by atoms with E-state index in [9.17, 15) is 0 Å². The summed E-state index contributed by atoms with van der Waals surface area (Å²) < 4.78 is 0. The van der Waals surface area contributed by atoms with Gasteiger partial charge in [-0.15, -0.1) is 12.3 Å². The van der Waals surface area contributed by atoms with Crippen molar-refractivity contribution < 1.29 is 0 Å². The number of rotatable bonds is 2. The first-order valence-corrected chi connectivity index (χ1v) is 3.10. The Kier molecular flexibility index (Phi) is 2.62. The van der Waals surface area contributed by atoms with E-state index in [4.69, 9.17) is 6.42 Å². The molecule has 0 aliphatic rings. The van der Waals surface area contributed by atoms with Crippen LogP contribution in [0, 0.1) is 17.8 Å². The molecule has 0 saturated heterocycles. The Morgan fingerprint density at radius 2 is 2.00 bits per heavy atom. The molecule has 0 amide bonds. The van der Waals surface area contributed by atoms with E-state index in [1.54, 1.807) is 0 Å². The molecule has 0 heterocycles. The molecule has 0 spiro atoms. The van der Waals surface area contributed by atoms with Crippen LogP contribution in [-0.2, 0) is 0 Å². The third kappa shape index (κ3) is 2.69. The van der Waals surface area contributed by atoms with Gasteiger partial charge in [0.25, 0.3) is 0 Å². The van der Waals surface area contributed by atoms with Crippen LogP contribution in [0.4, 0.5) is 0 Å². The molecule has 0 aromatic carbocycles. The van der Waals surface area contributed by atoms with E-state index in [1.807, 2.05) is 0 Å². The fourth-order valence-electron chi connectivity index (χ4n) is 0.697. The molecule has 0 saturated carbocycles. The molecule has 0 fully saturated rings. The second-order valence-electron chi connectivity index (χ2n) is 2.78. The van der Waals surface area contributed by atoms with Gasteiger partial charge in [0.05, 0.1) is 0 Å². The average molecular weight is 110 g/mol. The highest BCUT2D eigenvalue weighted by molar-refractivity contribution is 4.99. The highest BCUT2D eigenvalue weighted by Crippen LogP contribution is 2.19. The summed E-state index contributed by atoms with van der Waals surface area (Å²) in [5, 5.41) is 0. The predicted octanol–water partition coefficient (Wildman–Crippen LogP) is 2.45. The first-order chi connectivity index (χ1) is 3.62. The Balaban J connectivity index is 3.59. The Hall–Kier alpha value is -0.440. The third-order valence-corrected chi connectivity index (χ3v) is 1.27. The zero-order valence-corrected chi connectivity index (χ0v) is 5.99. The van der Waals surface area contributed by atoms with Gasteiger partial charge in [-0.05, 0) is 20.3 Å². The highest BCUT2D eigenvalue weighted by atomic mass is 14.1. The fraction of sp³-hybridized carbons (Fsp3) is 0.750. The number of hydrogen-bond acceptors (Lipinski definition) is 0. The van der Waals surface area contributed by atoms with Crippen molar-refractivity contribution in [1.29, 1.82) is 0 Å². The van der Waals surface area contributed by atoms with Gasteiger partial charge < -0.3 is 0 Å². The lowest BCUT2D eigenvalue weighted by molar-refractivity contribution is 0.452. The maximum atomic E-state index is 5.24. The van der Waals surface area contributed by atoms with Crippen molar-refractivity contribution in [2.45, 2.75) is 33.6 Å². The molecule has 0 atom stereocenters. The van der Waals surface area contributed by atoms with Gasteiger partial charge in [-0.1, -0.05) is 13.3 Å². The van der Waals surface area contributed by atoms with Gasteiger partial charge in [0, 0.05) is 5.41 Å². The second-order valence-corrected chi connectivity index (χ2v) is 2.78. The standard InChI is InChI=1S/C8H14/c1-5-7-8(3,4)6-2/h2H,5,7H2,1,3-4H3. The SMILES string of the molecule is C#CC(C)(C)CCC. The van der Waals surface area contributed by atoms with Crippen molar-refractivity contribution in [1.82, 2.24) is 0 Å². The summed E-state index contributed by atoms with van der Waals surface area (Å²) in [5.74, 6) is 2.74. The largest absolute Gasteiger partial charge is 0.120 e. The predicted molar refractivity (Wildman–Crippen MR) is 37.5 cm³/mol. The zero-order valence-electron chi connectivity index (χ0n) is 5.99. The second kappa shape index (κ2) is 2.77. The molecule has 0 unspecified atom stereocenters. The lowest BCUT2D eigenvalue weighted by Gasteiger charge is -2.14. The van der Waals surface area contributed by atoms with E-state index in [-0.39, 0.29) is 5.41 Å². The van der Waals surface area contributed by atoms with Crippen LogP contribution in [-0.4, -0.2) is 0 Å². The highest BCUT2D eigenvalue weighted by Gasteiger charge is 2.10. The van der Waals surface area contributed by atoms with Crippen LogP contribution in [0.15, 0.2) is 0 Å². The zero-order chi connectivity index (χ0) is 6.62. The van der Waals surface area contributed by atoms with Gasteiger partial charge in [0.1, 0.15) is 0 Å².